The monoisotopic (exact) mass is 390 g/mol. The van der Waals surface area contributed by atoms with Crippen LogP contribution in [-0.4, -0.2) is 53.6 Å². The van der Waals surface area contributed by atoms with Gasteiger partial charge in [-0.15, -0.1) is 0 Å². The second-order valence-electron chi connectivity index (χ2n) is 6.73. The molecule has 3 heterocycles. The number of pyridine rings is 1. The maximum Gasteiger partial charge on any atom is 0.255 e. The summed E-state index contributed by atoms with van der Waals surface area (Å²) in [5.41, 5.74) is 3.10. The Kier molecular flexibility index (Phi) is 5.62. The summed E-state index contributed by atoms with van der Waals surface area (Å²) in [6.07, 6.45) is 7.53. The first kappa shape index (κ1) is 18.8. The number of aromatic nitrogens is 5. The van der Waals surface area contributed by atoms with Crippen LogP contribution in [0.1, 0.15) is 21.7 Å². The first-order chi connectivity index (χ1) is 14.2. The highest BCUT2D eigenvalue weighted by atomic mass is 16.3. The molecule has 8 nitrogen and oxygen atoms in total. The van der Waals surface area contributed by atoms with Crippen LogP contribution >= 0.6 is 0 Å². The molecule has 4 rings (SSSR count). The molecule has 3 aromatic heterocycles. The van der Waals surface area contributed by atoms with Crippen LogP contribution in [0.4, 0.5) is 0 Å². The van der Waals surface area contributed by atoms with Crippen LogP contribution in [0.15, 0.2) is 61.3 Å². The number of hydrogen-bond donors (Lipinski definition) is 2. The van der Waals surface area contributed by atoms with E-state index in [4.69, 9.17) is 0 Å². The van der Waals surface area contributed by atoms with E-state index >= 15 is 0 Å². The summed E-state index contributed by atoms with van der Waals surface area (Å²) in [5.74, 6) is 0.440. The number of hydrogen-bond acceptors (Lipinski definition) is 5. The highest BCUT2D eigenvalue weighted by Crippen LogP contribution is 2.15. The molecular formula is C21H22N6O2. The summed E-state index contributed by atoms with van der Waals surface area (Å²) in [5, 5.41) is 9.33. The number of nitrogens with zero attached hydrogens (tertiary/aromatic N) is 5. The number of amides is 1. The highest BCUT2D eigenvalue weighted by molar-refractivity contribution is 5.96. The molecule has 2 N–H and O–H groups in total. The van der Waals surface area contributed by atoms with Gasteiger partial charge in [0.1, 0.15) is 11.3 Å². The van der Waals surface area contributed by atoms with Gasteiger partial charge in [-0.25, -0.2) is 15.0 Å². The van der Waals surface area contributed by atoms with Crippen molar-refractivity contribution in [1.82, 2.24) is 29.4 Å². The Morgan fingerprint density at radius 2 is 2.03 bits per heavy atom. The first-order valence-electron chi connectivity index (χ1n) is 9.48. The van der Waals surface area contributed by atoms with Crippen LogP contribution in [0, 0.1) is 0 Å². The average Bonchev–Trinajstić information content (AvgIpc) is 3.41. The quantitative estimate of drug-likeness (QED) is 0.480. The van der Waals surface area contributed by atoms with E-state index in [1.165, 1.54) is 10.5 Å². The number of benzene rings is 1. The third-order valence-electron chi connectivity index (χ3n) is 4.74. The second kappa shape index (κ2) is 8.66. The minimum atomic E-state index is -0.219. The van der Waals surface area contributed by atoms with Gasteiger partial charge in [0.05, 0.1) is 25.0 Å². The fourth-order valence-corrected chi connectivity index (χ4v) is 3.24. The molecular weight excluding hydrogens is 368 g/mol. The molecule has 0 aliphatic rings. The van der Waals surface area contributed by atoms with E-state index in [1.807, 2.05) is 22.8 Å². The third-order valence-corrected chi connectivity index (χ3v) is 4.74. The number of aromatic amines is 1. The second-order valence-corrected chi connectivity index (χ2v) is 6.73. The largest absolute Gasteiger partial charge is 0.395 e. The van der Waals surface area contributed by atoms with Gasteiger partial charge in [0.15, 0.2) is 5.65 Å². The predicted molar refractivity (Wildman–Crippen MR) is 108 cm³/mol. The van der Waals surface area contributed by atoms with Crippen molar-refractivity contribution >= 4 is 17.1 Å². The van der Waals surface area contributed by atoms with Crippen molar-refractivity contribution < 1.29 is 9.90 Å². The maximum atomic E-state index is 12.9. The Bertz CT molecular complexity index is 1080. The molecule has 0 saturated heterocycles. The lowest BCUT2D eigenvalue weighted by Crippen LogP contribution is -2.33. The van der Waals surface area contributed by atoms with E-state index in [0.29, 0.717) is 16.9 Å². The summed E-state index contributed by atoms with van der Waals surface area (Å²) in [7, 11) is 0. The van der Waals surface area contributed by atoms with Crippen LogP contribution in [-0.2, 0) is 19.5 Å². The number of imidazole rings is 2. The van der Waals surface area contributed by atoms with E-state index < -0.39 is 0 Å². The lowest BCUT2D eigenvalue weighted by molar-refractivity contribution is 0.0703. The SMILES string of the molecule is O=C(c1cnc2c(c1)ncn2CCc1ccccc1)N(CCO)Cc1ncc[nH]1. The van der Waals surface area contributed by atoms with Crippen molar-refractivity contribution in [1.29, 1.82) is 0 Å². The molecule has 0 saturated carbocycles. The third kappa shape index (κ3) is 4.33. The molecule has 0 atom stereocenters. The van der Waals surface area contributed by atoms with Gasteiger partial charge in [-0.2, -0.15) is 0 Å². The van der Waals surface area contributed by atoms with Crippen molar-refractivity contribution in [2.24, 2.45) is 0 Å². The highest BCUT2D eigenvalue weighted by Gasteiger charge is 2.18. The van der Waals surface area contributed by atoms with E-state index in [-0.39, 0.29) is 25.6 Å². The van der Waals surface area contributed by atoms with E-state index in [2.05, 4.69) is 32.1 Å². The lowest BCUT2D eigenvalue weighted by atomic mass is 10.1. The molecule has 0 aliphatic carbocycles. The van der Waals surface area contributed by atoms with Crippen LogP contribution in [0.3, 0.4) is 0 Å². The topological polar surface area (TPSA) is 99.9 Å². The van der Waals surface area contributed by atoms with Crippen LogP contribution in [0.25, 0.3) is 11.2 Å². The van der Waals surface area contributed by atoms with Crippen LogP contribution in [0.5, 0.6) is 0 Å². The zero-order valence-electron chi connectivity index (χ0n) is 15.9. The molecule has 8 heteroatoms. The van der Waals surface area contributed by atoms with Crippen molar-refractivity contribution in [2.45, 2.75) is 19.5 Å². The number of aliphatic hydroxyl groups is 1. The fourth-order valence-electron chi connectivity index (χ4n) is 3.24. The Morgan fingerprint density at radius 3 is 2.79 bits per heavy atom. The van der Waals surface area contributed by atoms with Crippen LogP contribution in [0.2, 0.25) is 0 Å². The van der Waals surface area contributed by atoms with Crippen molar-refractivity contribution in [3.8, 4) is 0 Å². The fraction of sp³-hybridized carbons (Fsp3) is 0.238. The number of aryl methyl sites for hydroxylation is 2. The minimum absolute atomic E-state index is 0.129. The van der Waals surface area contributed by atoms with Gasteiger partial charge in [0.25, 0.3) is 5.91 Å². The average molecular weight is 390 g/mol. The maximum absolute atomic E-state index is 12.9. The smallest absolute Gasteiger partial charge is 0.255 e. The first-order valence-corrected chi connectivity index (χ1v) is 9.48. The van der Waals surface area contributed by atoms with Gasteiger partial charge in [0, 0.05) is 31.7 Å². The van der Waals surface area contributed by atoms with Crippen molar-refractivity contribution in [3.63, 3.8) is 0 Å². The number of carbonyl (C=O) groups excluding carboxylic acids is 1. The lowest BCUT2D eigenvalue weighted by Gasteiger charge is -2.20. The van der Waals surface area contributed by atoms with Gasteiger partial charge in [0.2, 0.25) is 0 Å². The van der Waals surface area contributed by atoms with E-state index in [9.17, 15) is 9.90 Å². The number of H-pyrrole nitrogens is 1. The van der Waals surface area contributed by atoms with E-state index in [1.54, 1.807) is 31.0 Å². The Labute approximate surface area is 167 Å². The Morgan fingerprint density at radius 1 is 1.17 bits per heavy atom. The summed E-state index contributed by atoms with van der Waals surface area (Å²) < 4.78 is 1.99. The number of rotatable bonds is 8. The Hall–Kier alpha value is -3.52. The predicted octanol–water partition coefficient (Wildman–Crippen LogP) is 2.03. The van der Waals surface area contributed by atoms with Crippen LogP contribution < -0.4 is 0 Å². The van der Waals surface area contributed by atoms with Gasteiger partial charge < -0.3 is 19.6 Å². The molecule has 148 valence electrons. The molecule has 0 bridgehead atoms. The standard InChI is InChI=1S/C21H22N6O2/c28-11-10-26(14-19-22-7-8-23-19)21(29)17-12-18-20(24-13-17)27(15-25-18)9-6-16-4-2-1-3-5-16/h1-5,7-8,12-13,15,28H,6,9-11,14H2,(H,22,23). The summed E-state index contributed by atoms with van der Waals surface area (Å²) in [4.78, 5) is 30.5. The molecule has 1 aromatic carbocycles. The number of fused-ring (bicyclic) bond motifs is 1. The molecule has 0 fully saturated rings. The molecule has 0 unspecified atom stereocenters. The number of carbonyl (C=O) groups is 1. The van der Waals surface area contributed by atoms with Gasteiger partial charge in [-0.1, -0.05) is 30.3 Å². The molecule has 29 heavy (non-hydrogen) atoms. The van der Waals surface area contributed by atoms with E-state index in [0.717, 1.165) is 18.6 Å². The summed E-state index contributed by atoms with van der Waals surface area (Å²) in [6.45, 7) is 1.13. The molecule has 1 amide bonds. The van der Waals surface area contributed by atoms with Gasteiger partial charge in [-0.3, -0.25) is 4.79 Å². The summed E-state index contributed by atoms with van der Waals surface area (Å²) >= 11 is 0. The van der Waals surface area contributed by atoms with Crippen molar-refractivity contribution in [3.05, 3.63) is 78.3 Å². The number of nitrogens with one attached hydrogen (secondary N) is 1. The number of aliphatic hydroxyl groups excluding tert-OH is 1. The minimum Gasteiger partial charge on any atom is -0.395 e. The normalized spacial score (nSPS) is 11.1. The zero-order chi connectivity index (χ0) is 20.1. The van der Waals surface area contributed by atoms with Gasteiger partial charge in [-0.05, 0) is 18.1 Å². The Balaban J connectivity index is 1.51. The van der Waals surface area contributed by atoms with Crippen molar-refractivity contribution in [2.75, 3.05) is 13.2 Å². The zero-order valence-corrected chi connectivity index (χ0v) is 15.9. The summed E-state index contributed by atoms with van der Waals surface area (Å²) in [6, 6.07) is 12.0. The molecule has 0 spiro atoms. The molecule has 4 aromatic rings. The molecule has 0 aliphatic heterocycles. The molecule has 0 radical (unpaired) electrons. The van der Waals surface area contributed by atoms with Gasteiger partial charge >= 0.3 is 0 Å².